The predicted octanol–water partition coefficient (Wildman–Crippen LogP) is 5.27. The molecule has 0 fully saturated rings. The largest absolute Gasteiger partial charge is 0.453 e. The number of benzene rings is 2. The van der Waals surface area contributed by atoms with E-state index in [4.69, 9.17) is 4.74 Å². The van der Waals surface area contributed by atoms with Gasteiger partial charge in [0.1, 0.15) is 5.75 Å². The summed E-state index contributed by atoms with van der Waals surface area (Å²) in [5.41, 5.74) is 0.891. The van der Waals surface area contributed by atoms with Crippen molar-refractivity contribution in [2.45, 2.75) is 32.9 Å². The van der Waals surface area contributed by atoms with Crippen molar-refractivity contribution >= 4 is 15.9 Å². The van der Waals surface area contributed by atoms with Crippen molar-refractivity contribution < 1.29 is 9.13 Å². The molecule has 0 radical (unpaired) electrons. The maximum atomic E-state index is 14.1. The third kappa shape index (κ3) is 4.83. The van der Waals surface area contributed by atoms with Gasteiger partial charge in [-0.3, -0.25) is 0 Å². The van der Waals surface area contributed by atoms with Crippen LogP contribution in [0.5, 0.6) is 11.5 Å². The fourth-order valence-corrected chi connectivity index (χ4v) is 2.12. The second-order valence-electron chi connectivity index (χ2n) is 5.90. The van der Waals surface area contributed by atoms with Crippen LogP contribution in [0.1, 0.15) is 26.3 Å². The average Bonchev–Trinajstić information content (AvgIpc) is 2.41. The van der Waals surface area contributed by atoms with Gasteiger partial charge in [0.05, 0.1) is 4.47 Å². The molecule has 2 rings (SSSR count). The highest BCUT2D eigenvalue weighted by atomic mass is 79.9. The van der Waals surface area contributed by atoms with E-state index in [9.17, 15) is 4.39 Å². The van der Waals surface area contributed by atoms with Crippen molar-refractivity contribution in [1.82, 2.24) is 5.32 Å². The Bertz CT molecular complexity index is 622. The zero-order chi connectivity index (χ0) is 15.5. The summed E-state index contributed by atoms with van der Waals surface area (Å²) >= 11 is 3.38. The third-order valence-electron chi connectivity index (χ3n) is 2.88. The van der Waals surface area contributed by atoms with Gasteiger partial charge in [-0.25, -0.2) is 4.39 Å². The van der Waals surface area contributed by atoms with Crippen molar-refractivity contribution in [2.75, 3.05) is 0 Å². The standard InChI is InChI=1S/C17H19BrFNO/c1-17(2,3)20-11-12-8-9-16(14(19)10-12)21-15-7-5-4-6-13(15)18/h4-10,20H,11H2,1-3H3. The molecule has 0 bridgehead atoms. The molecule has 21 heavy (non-hydrogen) atoms. The molecular weight excluding hydrogens is 333 g/mol. The number of hydrogen-bond acceptors (Lipinski definition) is 2. The van der Waals surface area contributed by atoms with Gasteiger partial charge in [0.25, 0.3) is 0 Å². The first-order valence-corrected chi connectivity index (χ1v) is 7.60. The molecule has 0 heterocycles. The van der Waals surface area contributed by atoms with E-state index in [2.05, 4.69) is 42.0 Å². The van der Waals surface area contributed by atoms with Crippen LogP contribution in [0.25, 0.3) is 0 Å². The quantitative estimate of drug-likeness (QED) is 0.810. The summed E-state index contributed by atoms with van der Waals surface area (Å²) in [7, 11) is 0. The van der Waals surface area contributed by atoms with Crippen molar-refractivity contribution in [3.8, 4) is 11.5 Å². The maximum absolute atomic E-state index is 14.1. The highest BCUT2D eigenvalue weighted by molar-refractivity contribution is 9.10. The molecule has 0 spiro atoms. The summed E-state index contributed by atoms with van der Waals surface area (Å²) in [4.78, 5) is 0. The summed E-state index contributed by atoms with van der Waals surface area (Å²) in [5, 5.41) is 3.33. The summed E-state index contributed by atoms with van der Waals surface area (Å²) in [5.74, 6) is 0.456. The Labute approximate surface area is 133 Å². The molecule has 0 unspecified atom stereocenters. The molecule has 4 heteroatoms. The average molecular weight is 352 g/mol. The van der Waals surface area contributed by atoms with Crippen LogP contribution in [0.4, 0.5) is 4.39 Å². The topological polar surface area (TPSA) is 21.3 Å². The van der Waals surface area contributed by atoms with Gasteiger partial charge >= 0.3 is 0 Å². The van der Waals surface area contributed by atoms with Crippen LogP contribution < -0.4 is 10.1 Å². The number of halogens is 2. The lowest BCUT2D eigenvalue weighted by Crippen LogP contribution is -2.35. The van der Waals surface area contributed by atoms with Crippen molar-refractivity contribution in [3.63, 3.8) is 0 Å². The Kier molecular flexibility index (Phi) is 5.01. The molecule has 0 atom stereocenters. The summed E-state index contributed by atoms with van der Waals surface area (Å²) < 4.78 is 20.5. The smallest absolute Gasteiger partial charge is 0.166 e. The van der Waals surface area contributed by atoms with E-state index >= 15 is 0 Å². The van der Waals surface area contributed by atoms with Gasteiger partial charge < -0.3 is 10.1 Å². The normalized spacial score (nSPS) is 11.5. The molecule has 0 aliphatic carbocycles. The SMILES string of the molecule is CC(C)(C)NCc1ccc(Oc2ccccc2Br)c(F)c1. The first-order valence-electron chi connectivity index (χ1n) is 6.81. The molecule has 0 aromatic heterocycles. The summed E-state index contributed by atoms with van der Waals surface area (Å²) in [6.07, 6.45) is 0. The second kappa shape index (κ2) is 6.58. The number of nitrogens with one attached hydrogen (secondary N) is 1. The number of rotatable bonds is 4. The minimum Gasteiger partial charge on any atom is -0.453 e. The summed E-state index contributed by atoms with van der Waals surface area (Å²) in [6, 6.07) is 12.4. The fourth-order valence-electron chi connectivity index (χ4n) is 1.75. The summed E-state index contributed by atoms with van der Waals surface area (Å²) in [6.45, 7) is 6.85. The van der Waals surface area contributed by atoms with Crippen LogP contribution in [-0.2, 0) is 6.54 Å². The lowest BCUT2D eigenvalue weighted by Gasteiger charge is -2.20. The second-order valence-corrected chi connectivity index (χ2v) is 6.76. The monoisotopic (exact) mass is 351 g/mol. The highest BCUT2D eigenvalue weighted by Gasteiger charge is 2.11. The van der Waals surface area contributed by atoms with E-state index in [1.807, 2.05) is 24.3 Å². The Balaban J connectivity index is 2.11. The molecule has 2 aromatic rings. The van der Waals surface area contributed by atoms with Crippen LogP contribution in [0, 0.1) is 5.82 Å². The van der Waals surface area contributed by atoms with E-state index in [1.165, 1.54) is 6.07 Å². The molecule has 2 aromatic carbocycles. The van der Waals surface area contributed by atoms with Gasteiger partial charge in [-0.2, -0.15) is 0 Å². The predicted molar refractivity (Wildman–Crippen MR) is 87.2 cm³/mol. The molecule has 0 saturated carbocycles. The van der Waals surface area contributed by atoms with E-state index in [-0.39, 0.29) is 17.1 Å². The maximum Gasteiger partial charge on any atom is 0.166 e. The van der Waals surface area contributed by atoms with Crippen LogP contribution in [-0.4, -0.2) is 5.54 Å². The van der Waals surface area contributed by atoms with Gasteiger partial charge in [0, 0.05) is 12.1 Å². The molecule has 0 aliphatic heterocycles. The number of para-hydroxylation sites is 1. The molecule has 0 aliphatic rings. The minimum absolute atomic E-state index is 0.000546. The number of hydrogen-bond donors (Lipinski definition) is 1. The molecule has 0 amide bonds. The van der Waals surface area contributed by atoms with Crippen molar-refractivity contribution in [3.05, 3.63) is 58.3 Å². The molecule has 112 valence electrons. The Morgan fingerprint density at radius 3 is 2.43 bits per heavy atom. The zero-order valence-corrected chi connectivity index (χ0v) is 14.0. The molecule has 0 saturated heterocycles. The molecule has 1 N–H and O–H groups in total. The van der Waals surface area contributed by atoms with Gasteiger partial charge in [-0.1, -0.05) is 18.2 Å². The Hall–Kier alpha value is -1.39. The zero-order valence-electron chi connectivity index (χ0n) is 12.4. The minimum atomic E-state index is -0.362. The van der Waals surface area contributed by atoms with Crippen LogP contribution in [0.3, 0.4) is 0 Å². The van der Waals surface area contributed by atoms with Gasteiger partial charge in [-0.05, 0) is 66.5 Å². The Morgan fingerprint density at radius 1 is 1.10 bits per heavy atom. The highest BCUT2D eigenvalue weighted by Crippen LogP contribution is 2.31. The van der Waals surface area contributed by atoms with Gasteiger partial charge in [0.2, 0.25) is 0 Å². The molecule has 2 nitrogen and oxygen atoms in total. The van der Waals surface area contributed by atoms with E-state index < -0.39 is 0 Å². The van der Waals surface area contributed by atoms with Gasteiger partial charge in [-0.15, -0.1) is 0 Å². The first kappa shape index (κ1) is 16.0. The van der Waals surface area contributed by atoms with Crippen LogP contribution in [0.2, 0.25) is 0 Å². The van der Waals surface area contributed by atoms with Gasteiger partial charge in [0.15, 0.2) is 11.6 Å². The van der Waals surface area contributed by atoms with E-state index in [0.29, 0.717) is 12.3 Å². The van der Waals surface area contributed by atoms with E-state index in [0.717, 1.165) is 10.0 Å². The molecular formula is C17H19BrFNO. The lowest BCUT2D eigenvalue weighted by molar-refractivity contribution is 0.420. The Morgan fingerprint density at radius 2 is 1.81 bits per heavy atom. The number of ether oxygens (including phenoxy) is 1. The van der Waals surface area contributed by atoms with E-state index in [1.54, 1.807) is 12.1 Å². The third-order valence-corrected chi connectivity index (χ3v) is 3.53. The fraction of sp³-hybridized carbons (Fsp3) is 0.294. The van der Waals surface area contributed by atoms with Crippen LogP contribution >= 0.6 is 15.9 Å². The lowest BCUT2D eigenvalue weighted by atomic mass is 10.1. The first-order chi connectivity index (χ1) is 9.85. The van der Waals surface area contributed by atoms with Crippen molar-refractivity contribution in [2.24, 2.45) is 0 Å². The van der Waals surface area contributed by atoms with Crippen molar-refractivity contribution in [1.29, 1.82) is 0 Å². The van der Waals surface area contributed by atoms with Crippen LogP contribution in [0.15, 0.2) is 46.9 Å².